The molecule has 0 bridgehead atoms. The Morgan fingerprint density at radius 2 is 2.08 bits per heavy atom. The second-order valence-electron chi connectivity index (χ2n) is 5.78. The normalized spacial score (nSPS) is 19.5. The number of carbonyl (C=O) groups is 1. The minimum Gasteiger partial charge on any atom is -0.507 e. The molecule has 4 rings (SSSR count). The number of Topliss-reactive ketones (excluding diaryl/α,β-unsaturated/α-hetero) is 1. The second kappa shape index (κ2) is 6.39. The molecule has 0 aliphatic carbocycles. The van der Waals surface area contributed by atoms with Crippen LogP contribution in [0.25, 0.3) is 6.08 Å². The van der Waals surface area contributed by atoms with E-state index in [1.807, 2.05) is 17.5 Å². The third-order valence-electron chi connectivity index (χ3n) is 4.22. The molecule has 0 amide bonds. The Kier molecular flexibility index (Phi) is 4.10. The number of phenols is 1. The van der Waals surface area contributed by atoms with Gasteiger partial charge in [-0.1, -0.05) is 6.07 Å². The van der Waals surface area contributed by atoms with Crippen molar-refractivity contribution in [2.24, 2.45) is 0 Å². The molecular formula is C18H17NO4S. The molecule has 1 fully saturated rings. The monoisotopic (exact) mass is 343 g/mol. The number of morpholine rings is 1. The predicted octanol–water partition coefficient (Wildman–Crippen LogP) is 2.90. The number of fused-ring (bicyclic) bond motifs is 1. The van der Waals surface area contributed by atoms with Crippen molar-refractivity contribution in [1.82, 2.24) is 4.90 Å². The SMILES string of the molecule is O=C1C(=Cc2cccs2)Oc2c1ccc(O)c2CN1CCOCC1. The Morgan fingerprint density at radius 1 is 1.25 bits per heavy atom. The first kappa shape index (κ1) is 15.4. The summed E-state index contributed by atoms with van der Waals surface area (Å²) < 4.78 is 11.2. The summed E-state index contributed by atoms with van der Waals surface area (Å²) >= 11 is 1.55. The third-order valence-corrected chi connectivity index (χ3v) is 5.04. The molecule has 124 valence electrons. The number of hydrogen-bond acceptors (Lipinski definition) is 6. The third kappa shape index (κ3) is 2.84. The lowest BCUT2D eigenvalue weighted by Crippen LogP contribution is -2.35. The quantitative estimate of drug-likeness (QED) is 0.869. The molecule has 1 aromatic heterocycles. The minimum atomic E-state index is -0.137. The summed E-state index contributed by atoms with van der Waals surface area (Å²) in [5.74, 6) is 0.808. The maximum Gasteiger partial charge on any atom is 0.232 e. The Labute approximate surface area is 143 Å². The molecule has 6 heteroatoms. The van der Waals surface area contributed by atoms with E-state index < -0.39 is 0 Å². The zero-order chi connectivity index (χ0) is 16.5. The molecule has 0 radical (unpaired) electrons. The van der Waals surface area contributed by atoms with Gasteiger partial charge in [0.1, 0.15) is 11.5 Å². The van der Waals surface area contributed by atoms with E-state index >= 15 is 0 Å². The molecule has 1 saturated heterocycles. The fraction of sp³-hybridized carbons (Fsp3) is 0.278. The number of rotatable bonds is 3. The maximum atomic E-state index is 12.6. The molecule has 0 spiro atoms. The predicted molar refractivity (Wildman–Crippen MR) is 91.5 cm³/mol. The minimum absolute atomic E-state index is 0.137. The molecule has 0 atom stereocenters. The van der Waals surface area contributed by atoms with Gasteiger partial charge in [-0.2, -0.15) is 0 Å². The Bertz CT molecular complexity index is 792. The molecule has 1 aromatic carbocycles. The highest BCUT2D eigenvalue weighted by Crippen LogP contribution is 2.40. The Balaban J connectivity index is 1.66. The van der Waals surface area contributed by atoms with E-state index in [1.165, 1.54) is 0 Å². The fourth-order valence-electron chi connectivity index (χ4n) is 2.94. The van der Waals surface area contributed by atoms with Crippen molar-refractivity contribution in [3.8, 4) is 11.5 Å². The summed E-state index contributed by atoms with van der Waals surface area (Å²) in [6.07, 6.45) is 1.75. The van der Waals surface area contributed by atoms with Crippen LogP contribution in [0, 0.1) is 0 Å². The van der Waals surface area contributed by atoms with Crippen molar-refractivity contribution in [1.29, 1.82) is 0 Å². The van der Waals surface area contributed by atoms with Crippen LogP contribution < -0.4 is 4.74 Å². The van der Waals surface area contributed by atoms with Crippen LogP contribution in [0.2, 0.25) is 0 Å². The highest BCUT2D eigenvalue weighted by molar-refractivity contribution is 7.10. The van der Waals surface area contributed by atoms with Gasteiger partial charge in [-0.3, -0.25) is 9.69 Å². The molecular weight excluding hydrogens is 326 g/mol. The van der Waals surface area contributed by atoms with E-state index in [2.05, 4.69) is 4.90 Å². The highest BCUT2D eigenvalue weighted by Gasteiger charge is 2.31. The number of ether oxygens (including phenoxy) is 2. The van der Waals surface area contributed by atoms with Gasteiger partial charge in [-0.15, -0.1) is 11.3 Å². The first-order valence-electron chi connectivity index (χ1n) is 7.85. The van der Waals surface area contributed by atoms with Gasteiger partial charge in [0.05, 0.1) is 24.3 Å². The van der Waals surface area contributed by atoms with E-state index in [4.69, 9.17) is 9.47 Å². The van der Waals surface area contributed by atoms with E-state index in [1.54, 1.807) is 29.5 Å². The average Bonchev–Trinajstić information content (AvgIpc) is 3.21. The zero-order valence-corrected chi connectivity index (χ0v) is 13.8. The smallest absolute Gasteiger partial charge is 0.232 e. The summed E-state index contributed by atoms with van der Waals surface area (Å²) in [6, 6.07) is 7.07. The van der Waals surface area contributed by atoms with E-state index in [0.717, 1.165) is 18.0 Å². The first-order valence-corrected chi connectivity index (χ1v) is 8.73. The van der Waals surface area contributed by atoms with Crippen LogP contribution in [0.15, 0.2) is 35.4 Å². The van der Waals surface area contributed by atoms with Crippen LogP contribution in [0.4, 0.5) is 0 Å². The molecule has 2 aliphatic heterocycles. The summed E-state index contributed by atoms with van der Waals surface area (Å²) in [4.78, 5) is 15.7. The van der Waals surface area contributed by atoms with Gasteiger partial charge in [0.2, 0.25) is 5.78 Å². The van der Waals surface area contributed by atoms with Crippen molar-refractivity contribution in [3.63, 3.8) is 0 Å². The van der Waals surface area contributed by atoms with Crippen LogP contribution in [-0.4, -0.2) is 42.1 Å². The van der Waals surface area contributed by atoms with Gasteiger partial charge in [0.25, 0.3) is 0 Å². The molecule has 1 N–H and O–H groups in total. The van der Waals surface area contributed by atoms with Crippen molar-refractivity contribution in [2.75, 3.05) is 26.3 Å². The fourth-order valence-corrected chi connectivity index (χ4v) is 3.58. The number of benzene rings is 1. The molecule has 2 aromatic rings. The van der Waals surface area contributed by atoms with Gasteiger partial charge in [-0.05, 0) is 23.6 Å². The summed E-state index contributed by atoms with van der Waals surface area (Å²) in [5, 5.41) is 12.2. The zero-order valence-electron chi connectivity index (χ0n) is 13.0. The number of carbonyl (C=O) groups excluding carboxylic acids is 1. The van der Waals surface area contributed by atoms with Gasteiger partial charge in [0.15, 0.2) is 5.76 Å². The summed E-state index contributed by atoms with van der Waals surface area (Å²) in [7, 11) is 0. The van der Waals surface area contributed by atoms with E-state index in [-0.39, 0.29) is 11.5 Å². The number of thiophene rings is 1. The Morgan fingerprint density at radius 3 is 2.83 bits per heavy atom. The number of aromatic hydroxyl groups is 1. The van der Waals surface area contributed by atoms with Crippen LogP contribution in [-0.2, 0) is 11.3 Å². The number of allylic oxidation sites excluding steroid dienone is 1. The molecule has 24 heavy (non-hydrogen) atoms. The van der Waals surface area contributed by atoms with Crippen LogP contribution in [0.3, 0.4) is 0 Å². The first-order chi connectivity index (χ1) is 11.7. The van der Waals surface area contributed by atoms with Crippen molar-refractivity contribution >= 4 is 23.2 Å². The maximum absolute atomic E-state index is 12.6. The number of phenolic OH excluding ortho intramolecular Hbond substituents is 1. The van der Waals surface area contributed by atoms with Gasteiger partial charge in [0, 0.05) is 30.6 Å². The van der Waals surface area contributed by atoms with Gasteiger partial charge >= 0.3 is 0 Å². The summed E-state index contributed by atoms with van der Waals surface area (Å²) in [5.41, 5.74) is 1.18. The largest absolute Gasteiger partial charge is 0.507 e. The lowest BCUT2D eigenvalue weighted by molar-refractivity contribution is 0.0336. The lowest BCUT2D eigenvalue weighted by atomic mass is 10.0. The van der Waals surface area contributed by atoms with Crippen molar-refractivity contribution < 1.29 is 19.4 Å². The molecule has 3 heterocycles. The molecule has 0 saturated carbocycles. The average molecular weight is 343 g/mol. The standard InChI is InChI=1S/C18H17NO4S/c20-15-4-3-13-17(21)16(10-12-2-1-9-24-12)23-18(13)14(15)11-19-5-7-22-8-6-19/h1-4,9-10,20H,5-8,11H2. The number of ketones is 1. The topological polar surface area (TPSA) is 59.0 Å². The van der Waals surface area contributed by atoms with Gasteiger partial charge < -0.3 is 14.6 Å². The van der Waals surface area contributed by atoms with Crippen molar-refractivity contribution in [3.05, 3.63) is 51.4 Å². The molecule has 0 unspecified atom stereocenters. The van der Waals surface area contributed by atoms with Crippen molar-refractivity contribution in [2.45, 2.75) is 6.54 Å². The second-order valence-corrected chi connectivity index (χ2v) is 6.76. The number of hydrogen-bond donors (Lipinski definition) is 1. The molecule has 2 aliphatic rings. The molecule has 5 nitrogen and oxygen atoms in total. The van der Waals surface area contributed by atoms with Crippen LogP contribution >= 0.6 is 11.3 Å². The lowest BCUT2D eigenvalue weighted by Gasteiger charge is -2.27. The van der Waals surface area contributed by atoms with Crippen LogP contribution in [0.5, 0.6) is 11.5 Å². The van der Waals surface area contributed by atoms with Crippen LogP contribution in [0.1, 0.15) is 20.8 Å². The van der Waals surface area contributed by atoms with E-state index in [0.29, 0.717) is 42.4 Å². The Hall–Kier alpha value is -2.15. The van der Waals surface area contributed by atoms with E-state index in [9.17, 15) is 9.90 Å². The van der Waals surface area contributed by atoms with Gasteiger partial charge in [-0.25, -0.2) is 0 Å². The highest BCUT2D eigenvalue weighted by atomic mass is 32.1. The number of nitrogens with zero attached hydrogens (tertiary/aromatic N) is 1. The summed E-state index contributed by atoms with van der Waals surface area (Å²) in [6.45, 7) is 3.50.